The highest BCUT2D eigenvalue weighted by Crippen LogP contribution is 2.16. The molecule has 0 spiro atoms. The Bertz CT molecular complexity index is 1970. The number of likely N-dealkylation sites (N-methyl/N-ethyl adjacent to an activating group) is 1. The third kappa shape index (κ3) is 70.5. The molecular formula is C80H134NO8+. The predicted molar refractivity (Wildman–Crippen MR) is 382 cm³/mol. The third-order valence-electron chi connectivity index (χ3n) is 15.1. The van der Waals surface area contributed by atoms with Crippen molar-refractivity contribution in [3.63, 3.8) is 0 Å². The van der Waals surface area contributed by atoms with Gasteiger partial charge in [0.25, 0.3) is 6.29 Å². The van der Waals surface area contributed by atoms with Crippen molar-refractivity contribution >= 4 is 17.9 Å². The van der Waals surface area contributed by atoms with Crippen molar-refractivity contribution in [2.45, 2.75) is 296 Å². The largest absolute Gasteiger partial charge is 0.477 e. The van der Waals surface area contributed by atoms with Crippen LogP contribution < -0.4 is 0 Å². The zero-order valence-electron chi connectivity index (χ0n) is 57.8. The fourth-order valence-electron chi connectivity index (χ4n) is 9.60. The Morgan fingerprint density at radius 2 is 0.640 bits per heavy atom. The number of rotatable bonds is 65. The van der Waals surface area contributed by atoms with Crippen LogP contribution in [0.15, 0.2) is 146 Å². The van der Waals surface area contributed by atoms with Crippen molar-refractivity contribution in [3.05, 3.63) is 146 Å². The van der Waals surface area contributed by atoms with Gasteiger partial charge in [0.15, 0.2) is 6.10 Å². The van der Waals surface area contributed by atoms with Gasteiger partial charge in [0.05, 0.1) is 34.4 Å². The molecule has 0 aromatic heterocycles. The van der Waals surface area contributed by atoms with E-state index in [9.17, 15) is 19.5 Å². The minimum atomic E-state index is -1.52. The summed E-state index contributed by atoms with van der Waals surface area (Å²) in [6.45, 7) is 4.75. The molecule has 0 rings (SSSR count). The highest BCUT2D eigenvalue weighted by atomic mass is 16.7. The van der Waals surface area contributed by atoms with Gasteiger partial charge in [-0.05, 0) is 122 Å². The molecule has 0 aliphatic carbocycles. The van der Waals surface area contributed by atoms with Crippen LogP contribution in [0.25, 0.3) is 0 Å². The van der Waals surface area contributed by atoms with Crippen LogP contribution in [-0.2, 0) is 33.3 Å². The van der Waals surface area contributed by atoms with Gasteiger partial charge in [-0.1, -0.05) is 295 Å². The lowest BCUT2D eigenvalue weighted by Crippen LogP contribution is -2.40. The number of nitrogens with zero attached hydrogens (tertiary/aromatic N) is 1. The van der Waals surface area contributed by atoms with Crippen LogP contribution in [0.4, 0.5) is 0 Å². The number of unbranched alkanes of at least 4 members (excludes halogenated alkanes) is 26. The molecule has 0 aromatic rings. The average molecular weight is 1240 g/mol. The van der Waals surface area contributed by atoms with Crippen LogP contribution in [0.2, 0.25) is 0 Å². The zero-order valence-corrected chi connectivity index (χ0v) is 57.8. The van der Waals surface area contributed by atoms with Gasteiger partial charge >= 0.3 is 17.9 Å². The highest BCUT2D eigenvalue weighted by Gasteiger charge is 2.25. The number of ether oxygens (including phenoxy) is 4. The van der Waals surface area contributed by atoms with Crippen LogP contribution in [-0.4, -0.2) is 87.4 Å². The number of carboxylic acids is 1. The van der Waals surface area contributed by atoms with E-state index in [0.29, 0.717) is 23.9 Å². The molecule has 0 heterocycles. The third-order valence-corrected chi connectivity index (χ3v) is 15.1. The molecule has 0 aliphatic rings. The fraction of sp³-hybridized carbons (Fsp3) is 0.662. The summed E-state index contributed by atoms with van der Waals surface area (Å²) in [5.41, 5.74) is 0. The van der Waals surface area contributed by atoms with Crippen LogP contribution in [0, 0.1) is 0 Å². The number of quaternary nitrogens is 1. The minimum absolute atomic E-state index is 0.179. The van der Waals surface area contributed by atoms with E-state index in [1.165, 1.54) is 135 Å². The molecule has 9 heteroatoms. The molecule has 2 unspecified atom stereocenters. The molecule has 506 valence electrons. The topological polar surface area (TPSA) is 108 Å². The average Bonchev–Trinajstić information content (AvgIpc) is 3.70. The van der Waals surface area contributed by atoms with Gasteiger partial charge in [-0.15, -0.1) is 0 Å². The van der Waals surface area contributed by atoms with Crippen LogP contribution in [0.5, 0.6) is 0 Å². The Balaban J connectivity index is 4.18. The normalized spacial score (nSPS) is 13.6. The predicted octanol–water partition coefficient (Wildman–Crippen LogP) is 22.7. The molecule has 0 saturated carbocycles. The summed E-state index contributed by atoms with van der Waals surface area (Å²) in [4.78, 5) is 37.7. The van der Waals surface area contributed by atoms with E-state index in [2.05, 4.69) is 160 Å². The van der Waals surface area contributed by atoms with Crippen molar-refractivity contribution in [2.24, 2.45) is 0 Å². The van der Waals surface area contributed by atoms with E-state index in [1.807, 2.05) is 21.1 Å². The molecule has 89 heavy (non-hydrogen) atoms. The highest BCUT2D eigenvalue weighted by molar-refractivity contribution is 5.71. The molecule has 0 bridgehead atoms. The SMILES string of the molecule is CC/C=C\C/C=C\C/C=C\C/C=C\C/C=C\C/C=C\C/C=C\C/C=C\C/C=C\CCCCCCCCCCCC(=O)OC(COC(=O)CCCCCCCCCCCCCC/C=C\C/C=C\C/C=C\CCCCCCC)COC(OCC[N+](C)(C)C)C(=O)O. The summed E-state index contributed by atoms with van der Waals surface area (Å²) in [6, 6.07) is 0. The zero-order chi connectivity index (χ0) is 64.7. The number of carboxylic acid groups (broad SMARTS) is 1. The van der Waals surface area contributed by atoms with Crippen LogP contribution >= 0.6 is 0 Å². The Kier molecular flexibility index (Phi) is 65.3. The van der Waals surface area contributed by atoms with Gasteiger partial charge in [-0.25, -0.2) is 4.79 Å². The number of aliphatic carboxylic acids is 1. The second-order valence-corrected chi connectivity index (χ2v) is 24.8. The van der Waals surface area contributed by atoms with Gasteiger partial charge in [-0.3, -0.25) is 9.59 Å². The lowest BCUT2D eigenvalue weighted by molar-refractivity contribution is -0.870. The Morgan fingerprint density at radius 1 is 0.348 bits per heavy atom. The van der Waals surface area contributed by atoms with E-state index in [4.69, 9.17) is 18.9 Å². The molecule has 0 aliphatic heterocycles. The smallest absolute Gasteiger partial charge is 0.361 e. The molecule has 9 nitrogen and oxygen atoms in total. The quantitative estimate of drug-likeness (QED) is 0.0211. The first-order chi connectivity index (χ1) is 43.6. The first kappa shape index (κ1) is 84.2. The van der Waals surface area contributed by atoms with E-state index >= 15 is 0 Å². The number of carbonyl (C=O) groups excluding carboxylic acids is 2. The van der Waals surface area contributed by atoms with Gasteiger partial charge in [0.1, 0.15) is 13.2 Å². The maximum absolute atomic E-state index is 13.0. The van der Waals surface area contributed by atoms with E-state index in [-0.39, 0.29) is 32.2 Å². The summed E-state index contributed by atoms with van der Waals surface area (Å²) in [5.74, 6) is -2.02. The molecular weight excluding hydrogens is 1100 g/mol. The molecule has 0 aromatic carbocycles. The van der Waals surface area contributed by atoms with Crippen molar-refractivity contribution in [2.75, 3.05) is 47.5 Å². The summed E-state index contributed by atoms with van der Waals surface area (Å²) < 4.78 is 23.0. The second kappa shape index (κ2) is 69.1. The van der Waals surface area contributed by atoms with Crippen LogP contribution in [0.3, 0.4) is 0 Å². The van der Waals surface area contributed by atoms with Gasteiger partial charge in [0, 0.05) is 12.8 Å². The Labute approximate surface area is 547 Å². The summed E-state index contributed by atoms with van der Waals surface area (Å²) in [7, 11) is 5.97. The first-order valence-electron chi connectivity index (χ1n) is 36.0. The number of hydrogen-bond donors (Lipinski definition) is 1. The molecule has 0 amide bonds. The maximum Gasteiger partial charge on any atom is 0.361 e. The van der Waals surface area contributed by atoms with Crippen molar-refractivity contribution in [3.8, 4) is 0 Å². The standard InChI is InChI=1S/C80H133NO8/c1-6-8-10-12-14-16-18-20-22-24-26-28-30-32-34-35-36-37-38-39-40-41-42-43-45-47-49-51-53-55-57-59-61-63-65-67-69-71-78(83)89-76(75-88-80(79(84)85)86-73-72-81(3,4)5)74-87-77(82)70-68-66-64-62-60-58-56-54-52-50-48-46-44-33-31-29-27-25-23-21-19-17-15-13-11-9-7-2/h8,10,14,16,19-22,25-28,31-34,36-37,39-40,42-43,47,49,76,80H,6-7,9,11-13,15,17-18,23-24,29-30,35,38,41,44-46,48,50-75H2,1-5H3/p+1/b10-8-,16-14-,21-19-,22-20-,27-25-,28-26-,33-31-,34-32-,37-36-,40-39-,43-42-,49-47-. The monoisotopic (exact) mass is 1240 g/mol. The van der Waals surface area contributed by atoms with Gasteiger partial charge < -0.3 is 28.5 Å². The Hall–Kier alpha value is -4.83. The number of hydrogen-bond acceptors (Lipinski definition) is 7. The van der Waals surface area contributed by atoms with Gasteiger partial charge in [0.2, 0.25) is 0 Å². The van der Waals surface area contributed by atoms with E-state index < -0.39 is 24.3 Å². The number of carbonyl (C=O) groups is 3. The van der Waals surface area contributed by atoms with Gasteiger partial charge in [-0.2, -0.15) is 0 Å². The van der Waals surface area contributed by atoms with E-state index in [0.717, 1.165) is 116 Å². The van der Waals surface area contributed by atoms with Crippen molar-refractivity contribution in [1.29, 1.82) is 0 Å². The second-order valence-electron chi connectivity index (χ2n) is 24.8. The number of allylic oxidation sites excluding steroid dienone is 24. The lowest BCUT2D eigenvalue weighted by atomic mass is 10.0. The first-order valence-corrected chi connectivity index (χ1v) is 36.0. The maximum atomic E-state index is 13.0. The molecule has 0 saturated heterocycles. The molecule has 1 N–H and O–H groups in total. The van der Waals surface area contributed by atoms with Crippen molar-refractivity contribution in [1.82, 2.24) is 0 Å². The van der Waals surface area contributed by atoms with Crippen molar-refractivity contribution < 1.29 is 42.9 Å². The molecule has 0 radical (unpaired) electrons. The lowest BCUT2D eigenvalue weighted by Gasteiger charge is -2.25. The summed E-state index contributed by atoms with van der Waals surface area (Å²) in [5, 5.41) is 9.75. The molecule has 2 atom stereocenters. The minimum Gasteiger partial charge on any atom is -0.477 e. The summed E-state index contributed by atoms with van der Waals surface area (Å²) in [6.07, 6.45) is 98.1. The fourth-order valence-corrected chi connectivity index (χ4v) is 9.60. The summed E-state index contributed by atoms with van der Waals surface area (Å²) >= 11 is 0. The Morgan fingerprint density at radius 3 is 0.955 bits per heavy atom. The van der Waals surface area contributed by atoms with E-state index in [1.54, 1.807) is 0 Å². The van der Waals surface area contributed by atoms with Crippen LogP contribution in [0.1, 0.15) is 284 Å². The molecule has 0 fully saturated rings. The number of esters is 2.